The third-order valence-corrected chi connectivity index (χ3v) is 3.97. The molecule has 0 spiro atoms. The molecular weight excluding hydrogens is 248 g/mol. The summed E-state index contributed by atoms with van der Waals surface area (Å²) in [6.07, 6.45) is 3.75. The van der Waals surface area contributed by atoms with E-state index in [9.17, 15) is 0 Å². The zero-order valence-corrected chi connectivity index (χ0v) is 12.9. The molecule has 0 aromatic heterocycles. The third-order valence-electron chi connectivity index (χ3n) is 3.97. The highest BCUT2D eigenvalue weighted by molar-refractivity contribution is 5.27. The Balaban J connectivity index is 1.79. The van der Waals surface area contributed by atoms with Crippen molar-refractivity contribution in [3.8, 4) is 5.75 Å². The summed E-state index contributed by atoms with van der Waals surface area (Å²) in [7, 11) is 0. The first-order valence-corrected chi connectivity index (χ1v) is 7.94. The average Bonchev–Trinajstić information content (AvgIpc) is 2.47. The molecule has 0 bridgehead atoms. The Morgan fingerprint density at radius 3 is 2.75 bits per heavy atom. The number of hydrogen-bond donors (Lipinski definition) is 1. The average molecular weight is 276 g/mol. The van der Waals surface area contributed by atoms with Gasteiger partial charge in [0.2, 0.25) is 0 Å². The van der Waals surface area contributed by atoms with Crippen LogP contribution in [0.2, 0.25) is 0 Å². The van der Waals surface area contributed by atoms with Crippen LogP contribution in [-0.4, -0.2) is 43.7 Å². The van der Waals surface area contributed by atoms with Crippen LogP contribution in [0.5, 0.6) is 5.75 Å². The molecule has 0 saturated carbocycles. The second kappa shape index (κ2) is 8.28. The van der Waals surface area contributed by atoms with Crippen molar-refractivity contribution in [3.63, 3.8) is 0 Å². The van der Waals surface area contributed by atoms with Crippen molar-refractivity contribution in [2.24, 2.45) is 0 Å². The van der Waals surface area contributed by atoms with Crippen molar-refractivity contribution < 1.29 is 4.74 Å². The summed E-state index contributed by atoms with van der Waals surface area (Å²) in [5.74, 6) is 0.992. The maximum absolute atomic E-state index is 5.90. The maximum atomic E-state index is 5.90. The predicted molar refractivity (Wildman–Crippen MR) is 84.4 cm³/mol. The van der Waals surface area contributed by atoms with E-state index in [1.807, 2.05) is 6.07 Å². The van der Waals surface area contributed by atoms with Crippen LogP contribution in [0.1, 0.15) is 31.7 Å². The molecule has 1 aromatic rings. The van der Waals surface area contributed by atoms with Gasteiger partial charge in [-0.2, -0.15) is 0 Å². The van der Waals surface area contributed by atoms with Crippen molar-refractivity contribution in [3.05, 3.63) is 29.8 Å². The zero-order chi connectivity index (χ0) is 14.2. The second-order valence-corrected chi connectivity index (χ2v) is 5.68. The number of nitrogens with one attached hydrogen (secondary N) is 1. The van der Waals surface area contributed by atoms with Crippen LogP contribution in [0.3, 0.4) is 0 Å². The van der Waals surface area contributed by atoms with Gasteiger partial charge in [0.25, 0.3) is 0 Å². The third kappa shape index (κ3) is 4.80. The molecular formula is C17H28N2O. The van der Waals surface area contributed by atoms with Gasteiger partial charge in [-0.3, -0.25) is 4.90 Å². The van der Waals surface area contributed by atoms with Crippen molar-refractivity contribution in [1.82, 2.24) is 10.2 Å². The molecule has 1 N–H and O–H groups in total. The monoisotopic (exact) mass is 276 g/mol. The molecule has 0 amide bonds. The lowest BCUT2D eigenvalue weighted by atomic mass is 10.0. The summed E-state index contributed by atoms with van der Waals surface area (Å²) >= 11 is 0. The highest BCUT2D eigenvalue weighted by Gasteiger charge is 2.19. The first kappa shape index (κ1) is 15.3. The van der Waals surface area contributed by atoms with Crippen molar-refractivity contribution in [2.45, 2.75) is 39.2 Å². The van der Waals surface area contributed by atoms with Crippen LogP contribution in [0, 0.1) is 6.92 Å². The Hall–Kier alpha value is -1.06. The standard InChI is InChI=1S/C17H28N2O/c1-3-11-19(16-7-9-18-10-8-16)12-13-20-17-6-4-5-15(2)14-17/h4-6,14,16,18H,3,7-13H2,1-2H3. The molecule has 1 aliphatic heterocycles. The molecule has 1 fully saturated rings. The van der Waals surface area contributed by atoms with Crippen LogP contribution in [-0.2, 0) is 0 Å². The van der Waals surface area contributed by atoms with Gasteiger partial charge in [-0.15, -0.1) is 0 Å². The number of ether oxygens (including phenoxy) is 1. The molecule has 1 aromatic carbocycles. The lowest BCUT2D eigenvalue weighted by Crippen LogP contribution is -2.45. The maximum Gasteiger partial charge on any atom is 0.119 e. The summed E-state index contributed by atoms with van der Waals surface area (Å²) in [6.45, 7) is 9.68. The quantitative estimate of drug-likeness (QED) is 0.829. The van der Waals surface area contributed by atoms with E-state index in [4.69, 9.17) is 4.74 Å². The molecule has 3 nitrogen and oxygen atoms in total. The van der Waals surface area contributed by atoms with Gasteiger partial charge in [-0.1, -0.05) is 19.1 Å². The molecule has 3 heteroatoms. The van der Waals surface area contributed by atoms with Gasteiger partial charge in [0.05, 0.1) is 0 Å². The van der Waals surface area contributed by atoms with E-state index in [2.05, 4.69) is 42.3 Å². The predicted octanol–water partition coefficient (Wildman–Crippen LogP) is 2.84. The van der Waals surface area contributed by atoms with Gasteiger partial charge in [-0.05, 0) is 63.5 Å². The normalized spacial score (nSPS) is 16.6. The highest BCUT2D eigenvalue weighted by atomic mass is 16.5. The van der Waals surface area contributed by atoms with Crippen molar-refractivity contribution in [2.75, 3.05) is 32.8 Å². The molecule has 20 heavy (non-hydrogen) atoms. The number of hydrogen-bond acceptors (Lipinski definition) is 3. The van der Waals surface area contributed by atoms with Crippen LogP contribution in [0.25, 0.3) is 0 Å². The first-order valence-electron chi connectivity index (χ1n) is 7.94. The molecule has 0 atom stereocenters. The first-order chi connectivity index (χ1) is 9.79. The molecule has 2 rings (SSSR count). The van der Waals surface area contributed by atoms with Crippen LogP contribution in [0.4, 0.5) is 0 Å². The Labute approximate surface area is 123 Å². The van der Waals surface area contributed by atoms with Crippen molar-refractivity contribution >= 4 is 0 Å². The fraction of sp³-hybridized carbons (Fsp3) is 0.647. The molecule has 0 unspecified atom stereocenters. The van der Waals surface area contributed by atoms with Gasteiger partial charge in [-0.25, -0.2) is 0 Å². The van der Waals surface area contributed by atoms with Gasteiger partial charge in [0.15, 0.2) is 0 Å². The molecule has 1 aliphatic rings. The number of rotatable bonds is 7. The lowest BCUT2D eigenvalue weighted by Gasteiger charge is -2.34. The van der Waals surface area contributed by atoms with E-state index in [0.717, 1.165) is 38.0 Å². The molecule has 0 radical (unpaired) electrons. The van der Waals surface area contributed by atoms with Gasteiger partial charge < -0.3 is 10.1 Å². The SMILES string of the molecule is CCCN(CCOc1cccc(C)c1)C1CCNCC1. The van der Waals surface area contributed by atoms with Crippen LogP contribution in [0.15, 0.2) is 24.3 Å². The Bertz CT molecular complexity index is 388. The summed E-state index contributed by atoms with van der Waals surface area (Å²) < 4.78 is 5.90. The highest BCUT2D eigenvalue weighted by Crippen LogP contribution is 2.14. The minimum atomic E-state index is 0.734. The van der Waals surface area contributed by atoms with Gasteiger partial charge in [0, 0.05) is 12.6 Å². The van der Waals surface area contributed by atoms with E-state index < -0.39 is 0 Å². The van der Waals surface area contributed by atoms with Crippen LogP contribution < -0.4 is 10.1 Å². The number of piperidine rings is 1. The fourth-order valence-electron chi connectivity index (χ4n) is 2.92. The molecule has 112 valence electrons. The summed E-state index contributed by atoms with van der Waals surface area (Å²) in [6, 6.07) is 9.04. The molecule has 0 aliphatic carbocycles. The summed E-state index contributed by atoms with van der Waals surface area (Å²) in [4.78, 5) is 2.61. The van der Waals surface area contributed by atoms with E-state index >= 15 is 0 Å². The lowest BCUT2D eigenvalue weighted by molar-refractivity contribution is 0.135. The minimum Gasteiger partial charge on any atom is -0.492 e. The molecule has 1 heterocycles. The number of benzene rings is 1. The topological polar surface area (TPSA) is 24.5 Å². The largest absolute Gasteiger partial charge is 0.492 e. The van der Waals surface area contributed by atoms with E-state index in [1.165, 1.54) is 31.4 Å². The summed E-state index contributed by atoms with van der Waals surface area (Å²) in [5, 5.41) is 3.44. The van der Waals surface area contributed by atoms with Crippen molar-refractivity contribution in [1.29, 1.82) is 0 Å². The number of aryl methyl sites for hydroxylation is 1. The van der Waals surface area contributed by atoms with Crippen LogP contribution >= 0.6 is 0 Å². The Kier molecular flexibility index (Phi) is 6.34. The van der Waals surface area contributed by atoms with E-state index in [0.29, 0.717) is 0 Å². The second-order valence-electron chi connectivity index (χ2n) is 5.68. The smallest absolute Gasteiger partial charge is 0.119 e. The van der Waals surface area contributed by atoms with E-state index in [-0.39, 0.29) is 0 Å². The molecule has 1 saturated heterocycles. The Morgan fingerprint density at radius 2 is 2.05 bits per heavy atom. The zero-order valence-electron chi connectivity index (χ0n) is 12.9. The minimum absolute atomic E-state index is 0.734. The van der Waals surface area contributed by atoms with Gasteiger partial charge >= 0.3 is 0 Å². The number of nitrogens with zero attached hydrogens (tertiary/aromatic N) is 1. The summed E-state index contributed by atoms with van der Waals surface area (Å²) in [5.41, 5.74) is 1.26. The van der Waals surface area contributed by atoms with E-state index in [1.54, 1.807) is 0 Å². The van der Waals surface area contributed by atoms with Gasteiger partial charge in [0.1, 0.15) is 12.4 Å². The Morgan fingerprint density at radius 1 is 1.25 bits per heavy atom. The fourth-order valence-corrected chi connectivity index (χ4v) is 2.92.